The summed E-state index contributed by atoms with van der Waals surface area (Å²) in [6.45, 7) is 3.17. The molecule has 1 atom stereocenters. The maximum Gasteiger partial charge on any atom is 0.223 e. The van der Waals surface area contributed by atoms with Crippen LogP contribution in [0.15, 0.2) is 0 Å². The normalized spacial score (nSPS) is 28.6. The molecule has 0 N–H and O–H groups in total. The SMILES string of the molecule is CC1CCCCCN1C(=O)CC1(CS)CC1. The van der Waals surface area contributed by atoms with Gasteiger partial charge in [-0.25, -0.2) is 0 Å². The third kappa shape index (κ3) is 2.73. The van der Waals surface area contributed by atoms with Crippen LogP contribution in [-0.4, -0.2) is 29.1 Å². The zero-order valence-electron chi connectivity index (χ0n) is 10.2. The van der Waals surface area contributed by atoms with Crippen molar-refractivity contribution in [3.05, 3.63) is 0 Å². The van der Waals surface area contributed by atoms with Gasteiger partial charge in [-0.15, -0.1) is 0 Å². The monoisotopic (exact) mass is 241 g/mol. The molecule has 16 heavy (non-hydrogen) atoms. The second-order valence-corrected chi connectivity index (χ2v) is 5.94. The van der Waals surface area contributed by atoms with Gasteiger partial charge in [0.2, 0.25) is 5.91 Å². The Morgan fingerprint density at radius 2 is 2.12 bits per heavy atom. The van der Waals surface area contributed by atoms with Crippen LogP contribution in [-0.2, 0) is 4.79 Å². The smallest absolute Gasteiger partial charge is 0.223 e. The molecule has 1 saturated carbocycles. The fraction of sp³-hybridized carbons (Fsp3) is 0.923. The standard InChI is InChI=1S/C13H23NOS/c1-11-5-3-2-4-8-14(11)12(15)9-13(10-16)6-7-13/h11,16H,2-10H2,1H3. The number of rotatable bonds is 3. The molecule has 1 aliphatic carbocycles. The lowest BCUT2D eigenvalue weighted by Gasteiger charge is -2.28. The van der Waals surface area contributed by atoms with E-state index in [0.29, 0.717) is 11.9 Å². The van der Waals surface area contributed by atoms with Crippen LogP contribution in [0, 0.1) is 5.41 Å². The Labute approximate surface area is 104 Å². The molecule has 0 aromatic heterocycles. The quantitative estimate of drug-likeness (QED) is 0.753. The van der Waals surface area contributed by atoms with E-state index in [-0.39, 0.29) is 5.41 Å². The van der Waals surface area contributed by atoms with Crippen molar-refractivity contribution in [2.45, 2.75) is 57.9 Å². The molecule has 2 fully saturated rings. The van der Waals surface area contributed by atoms with Gasteiger partial charge in [0.25, 0.3) is 0 Å². The summed E-state index contributed by atoms with van der Waals surface area (Å²) in [7, 11) is 0. The summed E-state index contributed by atoms with van der Waals surface area (Å²) in [4.78, 5) is 14.4. The Morgan fingerprint density at radius 1 is 1.38 bits per heavy atom. The van der Waals surface area contributed by atoms with E-state index >= 15 is 0 Å². The number of carbonyl (C=O) groups excluding carboxylic acids is 1. The van der Waals surface area contributed by atoms with E-state index in [4.69, 9.17) is 0 Å². The van der Waals surface area contributed by atoms with E-state index in [1.54, 1.807) is 0 Å². The predicted octanol–water partition coefficient (Wildman–Crippen LogP) is 2.88. The number of hydrogen-bond donors (Lipinski definition) is 1. The number of carbonyl (C=O) groups is 1. The van der Waals surface area contributed by atoms with Crippen LogP contribution < -0.4 is 0 Å². The molecule has 2 aliphatic rings. The Bertz CT molecular complexity index is 263. The number of likely N-dealkylation sites (tertiary alicyclic amines) is 1. The highest BCUT2D eigenvalue weighted by Gasteiger charge is 2.44. The Hall–Kier alpha value is -0.180. The molecule has 2 rings (SSSR count). The zero-order valence-corrected chi connectivity index (χ0v) is 11.1. The van der Waals surface area contributed by atoms with Gasteiger partial charge in [0, 0.05) is 19.0 Å². The van der Waals surface area contributed by atoms with Crippen molar-refractivity contribution in [3.63, 3.8) is 0 Å². The molecule has 2 nitrogen and oxygen atoms in total. The van der Waals surface area contributed by atoms with Crippen molar-refractivity contribution in [1.29, 1.82) is 0 Å². The average Bonchev–Trinajstić information content (AvgIpc) is 3.04. The van der Waals surface area contributed by atoms with Crippen molar-refractivity contribution in [2.24, 2.45) is 5.41 Å². The minimum atomic E-state index is 0.270. The maximum atomic E-state index is 12.3. The Kier molecular flexibility index (Phi) is 3.83. The highest BCUT2D eigenvalue weighted by atomic mass is 32.1. The molecular weight excluding hydrogens is 218 g/mol. The second kappa shape index (κ2) is 4.99. The Balaban J connectivity index is 1.91. The van der Waals surface area contributed by atoms with Crippen LogP contribution in [0.3, 0.4) is 0 Å². The van der Waals surface area contributed by atoms with Gasteiger partial charge in [0.05, 0.1) is 0 Å². The molecule has 0 aromatic carbocycles. The molecule has 0 bridgehead atoms. The first kappa shape index (κ1) is 12.3. The Morgan fingerprint density at radius 3 is 2.75 bits per heavy atom. The summed E-state index contributed by atoms with van der Waals surface area (Å²) in [5.74, 6) is 1.25. The predicted molar refractivity (Wildman–Crippen MR) is 69.8 cm³/mol. The molecule has 1 aliphatic heterocycles. The van der Waals surface area contributed by atoms with E-state index in [2.05, 4.69) is 24.5 Å². The van der Waals surface area contributed by atoms with Crippen LogP contribution in [0.2, 0.25) is 0 Å². The van der Waals surface area contributed by atoms with Crippen LogP contribution >= 0.6 is 12.6 Å². The molecule has 92 valence electrons. The topological polar surface area (TPSA) is 20.3 Å². The highest BCUT2D eigenvalue weighted by Crippen LogP contribution is 2.50. The van der Waals surface area contributed by atoms with Crippen molar-refractivity contribution in [1.82, 2.24) is 4.90 Å². The lowest BCUT2D eigenvalue weighted by atomic mass is 10.0. The molecule has 0 aromatic rings. The fourth-order valence-electron chi connectivity index (χ4n) is 2.64. The van der Waals surface area contributed by atoms with Gasteiger partial charge in [0.15, 0.2) is 0 Å². The summed E-state index contributed by atoms with van der Waals surface area (Å²) in [6.07, 6.45) is 8.06. The summed E-state index contributed by atoms with van der Waals surface area (Å²) in [5.41, 5.74) is 0.270. The van der Waals surface area contributed by atoms with Crippen molar-refractivity contribution >= 4 is 18.5 Å². The van der Waals surface area contributed by atoms with Crippen molar-refractivity contribution < 1.29 is 4.79 Å². The van der Waals surface area contributed by atoms with Crippen molar-refractivity contribution in [3.8, 4) is 0 Å². The van der Waals surface area contributed by atoms with Gasteiger partial charge in [0.1, 0.15) is 0 Å². The zero-order chi connectivity index (χ0) is 11.6. The third-order valence-electron chi connectivity index (χ3n) is 4.19. The minimum Gasteiger partial charge on any atom is -0.340 e. The van der Waals surface area contributed by atoms with Crippen LogP contribution in [0.5, 0.6) is 0 Å². The van der Waals surface area contributed by atoms with Gasteiger partial charge in [-0.3, -0.25) is 4.79 Å². The van der Waals surface area contributed by atoms with Gasteiger partial charge >= 0.3 is 0 Å². The van der Waals surface area contributed by atoms with Crippen LogP contribution in [0.4, 0.5) is 0 Å². The first-order chi connectivity index (χ1) is 7.67. The first-order valence-electron chi connectivity index (χ1n) is 6.57. The van der Waals surface area contributed by atoms with E-state index in [9.17, 15) is 4.79 Å². The molecule has 3 heteroatoms. The van der Waals surface area contributed by atoms with Crippen molar-refractivity contribution in [2.75, 3.05) is 12.3 Å². The van der Waals surface area contributed by atoms with E-state index < -0.39 is 0 Å². The molecule has 0 radical (unpaired) electrons. The molecule has 1 heterocycles. The first-order valence-corrected chi connectivity index (χ1v) is 7.20. The van der Waals surface area contributed by atoms with Crippen LogP contribution in [0.1, 0.15) is 51.9 Å². The summed E-state index contributed by atoms with van der Waals surface area (Å²) >= 11 is 4.38. The maximum absolute atomic E-state index is 12.3. The van der Waals surface area contributed by atoms with Gasteiger partial charge in [-0.05, 0) is 43.8 Å². The second-order valence-electron chi connectivity index (χ2n) is 5.62. The van der Waals surface area contributed by atoms with Gasteiger partial charge < -0.3 is 4.90 Å². The number of amides is 1. The fourth-order valence-corrected chi connectivity index (χ4v) is 3.06. The van der Waals surface area contributed by atoms with E-state index in [1.165, 1.54) is 38.5 Å². The lowest BCUT2D eigenvalue weighted by molar-refractivity contribution is -0.134. The van der Waals surface area contributed by atoms with Gasteiger partial charge in [-0.2, -0.15) is 12.6 Å². The number of thiol groups is 1. The molecule has 1 saturated heterocycles. The average molecular weight is 241 g/mol. The van der Waals surface area contributed by atoms with Gasteiger partial charge in [-0.1, -0.05) is 12.8 Å². The molecule has 1 amide bonds. The highest BCUT2D eigenvalue weighted by molar-refractivity contribution is 7.80. The molecule has 0 spiro atoms. The lowest BCUT2D eigenvalue weighted by Crippen LogP contribution is -2.39. The minimum absolute atomic E-state index is 0.270. The van der Waals surface area contributed by atoms with E-state index in [0.717, 1.165) is 18.7 Å². The number of nitrogens with zero attached hydrogens (tertiary/aromatic N) is 1. The summed E-state index contributed by atoms with van der Waals surface area (Å²) in [6, 6.07) is 0.450. The van der Waals surface area contributed by atoms with E-state index in [1.807, 2.05) is 0 Å². The summed E-state index contributed by atoms with van der Waals surface area (Å²) in [5, 5.41) is 0. The molecular formula is C13H23NOS. The van der Waals surface area contributed by atoms with Crippen LogP contribution in [0.25, 0.3) is 0 Å². The molecule has 1 unspecified atom stereocenters. The third-order valence-corrected chi connectivity index (χ3v) is 4.86. The summed E-state index contributed by atoms with van der Waals surface area (Å²) < 4.78 is 0. The number of hydrogen-bond acceptors (Lipinski definition) is 2. The largest absolute Gasteiger partial charge is 0.340 e.